The molecule has 0 spiro atoms. The molecule has 1 aromatic heterocycles. The van der Waals surface area contributed by atoms with Crippen molar-refractivity contribution >= 4 is 46.9 Å². The van der Waals surface area contributed by atoms with Gasteiger partial charge in [-0.1, -0.05) is 11.6 Å². The van der Waals surface area contributed by atoms with Crippen molar-refractivity contribution < 1.29 is 9.53 Å². The Labute approximate surface area is 156 Å². The lowest BCUT2D eigenvalue weighted by Crippen LogP contribution is -2.41. The van der Waals surface area contributed by atoms with Crippen LogP contribution >= 0.6 is 35.3 Å². The second kappa shape index (κ2) is 6.82. The van der Waals surface area contributed by atoms with E-state index in [1.54, 1.807) is 6.07 Å². The lowest BCUT2D eigenvalue weighted by atomic mass is 9.89. The largest absolute Gasteiger partial charge is 0.487 e. The smallest absolute Gasteiger partial charge is 0.263 e. The predicted molar refractivity (Wildman–Crippen MR) is 102 cm³/mol. The van der Waals surface area contributed by atoms with Gasteiger partial charge in [0.25, 0.3) is 5.91 Å². The first kappa shape index (κ1) is 18.9. The van der Waals surface area contributed by atoms with Crippen LogP contribution in [0.1, 0.15) is 47.1 Å². The number of benzene rings is 1. The fourth-order valence-electron chi connectivity index (χ4n) is 2.81. The molecule has 1 aliphatic rings. The van der Waals surface area contributed by atoms with E-state index in [0.717, 1.165) is 16.9 Å². The average Bonchev–Trinajstić information content (AvgIpc) is 2.79. The fourth-order valence-corrected chi connectivity index (χ4v) is 3.99. The number of rotatable bonds is 2. The number of ether oxygens (including phenoxy) is 1. The molecule has 1 amide bonds. The SMILES string of the molecule is Cc1csc(C(=O)NC2CC(C)(C)Oc3ccc(N)cc32)c1Cl.Cl. The highest BCUT2D eigenvalue weighted by atomic mass is 35.5. The molecule has 3 N–H and O–H groups in total. The van der Waals surface area contributed by atoms with Gasteiger partial charge in [0.15, 0.2) is 0 Å². The van der Waals surface area contributed by atoms with E-state index in [1.807, 2.05) is 38.3 Å². The number of halogens is 2. The number of nitrogens with one attached hydrogen (secondary N) is 1. The molecule has 24 heavy (non-hydrogen) atoms. The first-order chi connectivity index (χ1) is 10.8. The molecular formula is C17H20Cl2N2O2S. The number of carbonyl (C=O) groups is 1. The summed E-state index contributed by atoms with van der Waals surface area (Å²) < 4.78 is 5.99. The van der Waals surface area contributed by atoms with E-state index in [9.17, 15) is 4.79 Å². The van der Waals surface area contributed by atoms with Gasteiger partial charge in [0.1, 0.15) is 16.2 Å². The number of aryl methyl sites for hydroxylation is 1. The maximum absolute atomic E-state index is 12.6. The fraction of sp³-hybridized carbons (Fsp3) is 0.353. The molecule has 2 aromatic rings. The molecule has 4 nitrogen and oxygen atoms in total. The minimum Gasteiger partial charge on any atom is -0.487 e. The topological polar surface area (TPSA) is 64.3 Å². The molecule has 130 valence electrons. The third kappa shape index (κ3) is 3.63. The van der Waals surface area contributed by atoms with Crippen LogP contribution in [0.3, 0.4) is 0 Å². The van der Waals surface area contributed by atoms with Crippen molar-refractivity contribution in [1.29, 1.82) is 0 Å². The number of hydrogen-bond donors (Lipinski definition) is 2. The van der Waals surface area contributed by atoms with E-state index in [2.05, 4.69) is 5.32 Å². The first-order valence-corrected chi connectivity index (χ1v) is 8.65. The lowest BCUT2D eigenvalue weighted by Gasteiger charge is -2.38. The molecule has 0 bridgehead atoms. The normalized spacial score (nSPS) is 18.1. The molecule has 0 saturated carbocycles. The van der Waals surface area contributed by atoms with Gasteiger partial charge < -0.3 is 15.8 Å². The van der Waals surface area contributed by atoms with Crippen LogP contribution in [-0.4, -0.2) is 11.5 Å². The van der Waals surface area contributed by atoms with E-state index in [-0.39, 0.29) is 30.0 Å². The van der Waals surface area contributed by atoms with E-state index in [1.165, 1.54) is 11.3 Å². The standard InChI is InChI=1S/C17H19ClN2O2S.ClH/c1-9-8-23-15(14(9)18)16(21)20-12-7-17(2,3)22-13-5-4-10(19)6-11(12)13;/h4-6,8,12H,7,19H2,1-3H3,(H,20,21);1H. The van der Waals surface area contributed by atoms with Crippen LogP contribution in [0.25, 0.3) is 0 Å². The molecule has 1 atom stereocenters. The third-order valence-electron chi connectivity index (χ3n) is 3.90. The maximum atomic E-state index is 12.6. The summed E-state index contributed by atoms with van der Waals surface area (Å²) >= 11 is 7.56. The Kier molecular flexibility index (Phi) is 5.37. The Hall–Kier alpha value is -1.43. The Balaban J connectivity index is 0.00000208. The molecule has 0 radical (unpaired) electrons. The second-order valence-electron chi connectivity index (χ2n) is 6.45. The number of thiophene rings is 1. The number of anilines is 1. The zero-order valence-electron chi connectivity index (χ0n) is 13.7. The van der Waals surface area contributed by atoms with Gasteiger partial charge in [-0.3, -0.25) is 4.79 Å². The third-order valence-corrected chi connectivity index (χ3v) is 5.60. The highest BCUT2D eigenvalue weighted by Crippen LogP contribution is 2.40. The molecule has 0 fully saturated rings. The predicted octanol–water partition coefficient (Wildman–Crippen LogP) is 4.75. The molecule has 0 aliphatic carbocycles. The Morgan fingerprint density at radius 1 is 1.46 bits per heavy atom. The summed E-state index contributed by atoms with van der Waals surface area (Å²) in [6.45, 7) is 5.91. The number of amides is 1. The quantitative estimate of drug-likeness (QED) is 0.732. The van der Waals surface area contributed by atoms with Crippen LogP contribution in [-0.2, 0) is 0 Å². The highest BCUT2D eigenvalue weighted by molar-refractivity contribution is 7.13. The summed E-state index contributed by atoms with van der Waals surface area (Å²) in [6, 6.07) is 5.35. The van der Waals surface area contributed by atoms with Gasteiger partial charge in [0.2, 0.25) is 0 Å². The first-order valence-electron chi connectivity index (χ1n) is 7.40. The van der Waals surface area contributed by atoms with Crippen molar-refractivity contribution in [2.75, 3.05) is 5.73 Å². The Morgan fingerprint density at radius 3 is 2.79 bits per heavy atom. The van der Waals surface area contributed by atoms with E-state index < -0.39 is 0 Å². The molecule has 3 rings (SSSR count). The monoisotopic (exact) mass is 386 g/mol. The van der Waals surface area contributed by atoms with Crippen molar-refractivity contribution in [1.82, 2.24) is 5.32 Å². The van der Waals surface area contributed by atoms with Gasteiger partial charge in [-0.25, -0.2) is 0 Å². The number of hydrogen-bond acceptors (Lipinski definition) is 4. The van der Waals surface area contributed by atoms with Gasteiger partial charge in [0, 0.05) is 17.7 Å². The highest BCUT2D eigenvalue weighted by Gasteiger charge is 2.35. The molecule has 7 heteroatoms. The minimum absolute atomic E-state index is 0. The number of carbonyl (C=O) groups excluding carboxylic acids is 1. The van der Waals surface area contributed by atoms with Crippen LogP contribution in [0.15, 0.2) is 23.6 Å². The summed E-state index contributed by atoms with van der Waals surface area (Å²) in [5.74, 6) is 0.596. The molecule has 1 aliphatic heterocycles. The van der Waals surface area contributed by atoms with Crippen LogP contribution < -0.4 is 15.8 Å². The number of nitrogens with two attached hydrogens (primary N) is 1. The summed E-state index contributed by atoms with van der Waals surface area (Å²) in [7, 11) is 0. The summed E-state index contributed by atoms with van der Waals surface area (Å²) in [4.78, 5) is 13.1. The minimum atomic E-state index is -0.365. The summed E-state index contributed by atoms with van der Waals surface area (Å²) in [6.07, 6.45) is 0.664. The zero-order valence-corrected chi connectivity index (χ0v) is 16.1. The molecular weight excluding hydrogens is 367 g/mol. The van der Waals surface area contributed by atoms with Crippen molar-refractivity contribution in [3.05, 3.63) is 44.6 Å². The van der Waals surface area contributed by atoms with Gasteiger partial charge in [0.05, 0.1) is 11.1 Å². The molecule has 2 heterocycles. The summed E-state index contributed by atoms with van der Waals surface area (Å²) in [5, 5.41) is 5.49. The van der Waals surface area contributed by atoms with Gasteiger partial charge in [-0.2, -0.15) is 0 Å². The van der Waals surface area contributed by atoms with E-state index >= 15 is 0 Å². The van der Waals surface area contributed by atoms with Gasteiger partial charge in [-0.15, -0.1) is 23.7 Å². The Morgan fingerprint density at radius 2 is 2.17 bits per heavy atom. The van der Waals surface area contributed by atoms with Crippen molar-refractivity contribution in [3.63, 3.8) is 0 Å². The molecule has 1 unspecified atom stereocenters. The summed E-state index contributed by atoms with van der Waals surface area (Å²) in [5.41, 5.74) is 8.00. The number of fused-ring (bicyclic) bond motifs is 1. The van der Waals surface area contributed by atoms with Crippen LogP contribution in [0.5, 0.6) is 5.75 Å². The van der Waals surface area contributed by atoms with Crippen molar-refractivity contribution in [3.8, 4) is 5.75 Å². The molecule has 0 saturated heterocycles. The molecule has 1 aromatic carbocycles. The van der Waals surface area contributed by atoms with E-state index in [4.69, 9.17) is 22.1 Å². The van der Waals surface area contributed by atoms with Gasteiger partial charge >= 0.3 is 0 Å². The average molecular weight is 387 g/mol. The van der Waals surface area contributed by atoms with Gasteiger partial charge in [-0.05, 0) is 49.9 Å². The Bertz CT molecular complexity index is 774. The van der Waals surface area contributed by atoms with Crippen LogP contribution in [0.2, 0.25) is 5.02 Å². The zero-order chi connectivity index (χ0) is 16.8. The van der Waals surface area contributed by atoms with Crippen molar-refractivity contribution in [2.45, 2.75) is 38.8 Å². The van der Waals surface area contributed by atoms with Crippen LogP contribution in [0.4, 0.5) is 5.69 Å². The van der Waals surface area contributed by atoms with E-state index in [0.29, 0.717) is 22.0 Å². The van der Waals surface area contributed by atoms with Crippen LogP contribution in [0, 0.1) is 6.92 Å². The number of nitrogen functional groups attached to an aromatic ring is 1. The lowest BCUT2D eigenvalue weighted by molar-refractivity contribution is 0.0621. The van der Waals surface area contributed by atoms with Crippen molar-refractivity contribution in [2.24, 2.45) is 0 Å². The maximum Gasteiger partial charge on any atom is 0.263 e. The second-order valence-corrected chi connectivity index (χ2v) is 7.71.